The molecule has 1 amide bonds. The average Bonchev–Trinajstić information content (AvgIpc) is 2.85. The topological polar surface area (TPSA) is 32.3 Å². The van der Waals surface area contributed by atoms with E-state index in [1.165, 1.54) is 16.8 Å². The Hall–Kier alpha value is -1.35. The van der Waals surface area contributed by atoms with Gasteiger partial charge in [0.1, 0.15) is 0 Å². The lowest BCUT2D eigenvalue weighted by Gasteiger charge is -2.40. The molecule has 1 fully saturated rings. The molecule has 1 aromatic carbocycles. The Bertz CT molecular complexity index is 497. The Labute approximate surface area is 101 Å². The van der Waals surface area contributed by atoms with Crippen molar-refractivity contribution in [3.8, 4) is 0 Å². The second kappa shape index (κ2) is 3.33. The summed E-state index contributed by atoms with van der Waals surface area (Å²) < 4.78 is 0. The maximum atomic E-state index is 12.5. The van der Waals surface area contributed by atoms with Crippen molar-refractivity contribution >= 4 is 11.6 Å². The summed E-state index contributed by atoms with van der Waals surface area (Å²) in [5, 5.41) is 3.37. The van der Waals surface area contributed by atoms with Crippen LogP contribution in [0.5, 0.6) is 0 Å². The zero-order valence-electron chi connectivity index (χ0n) is 9.78. The van der Waals surface area contributed by atoms with E-state index in [0.717, 1.165) is 32.5 Å². The van der Waals surface area contributed by atoms with Crippen LogP contribution in [0.4, 0.5) is 5.69 Å². The molecule has 3 aliphatic rings. The highest BCUT2D eigenvalue weighted by molar-refractivity contribution is 6.00. The highest BCUT2D eigenvalue weighted by atomic mass is 16.2. The second-order valence-electron chi connectivity index (χ2n) is 5.32. The number of carbonyl (C=O) groups is 1. The Morgan fingerprint density at radius 2 is 2.12 bits per heavy atom. The van der Waals surface area contributed by atoms with Crippen molar-refractivity contribution in [2.75, 3.05) is 24.5 Å². The molecule has 0 radical (unpaired) electrons. The molecule has 1 aromatic rings. The van der Waals surface area contributed by atoms with E-state index in [2.05, 4.69) is 23.5 Å². The van der Waals surface area contributed by atoms with Gasteiger partial charge in [-0.3, -0.25) is 4.79 Å². The number of fused-ring (bicyclic) bond motifs is 2. The molecule has 1 saturated heterocycles. The van der Waals surface area contributed by atoms with Gasteiger partial charge < -0.3 is 10.2 Å². The lowest BCUT2D eigenvalue weighted by Crippen LogP contribution is -2.45. The molecule has 3 heteroatoms. The van der Waals surface area contributed by atoms with Crippen LogP contribution >= 0.6 is 0 Å². The van der Waals surface area contributed by atoms with Crippen molar-refractivity contribution in [1.82, 2.24) is 5.32 Å². The number of rotatable bonds is 0. The number of nitrogens with zero attached hydrogens (tertiary/aromatic N) is 1. The van der Waals surface area contributed by atoms with Gasteiger partial charge in [-0.05, 0) is 24.0 Å². The Morgan fingerprint density at radius 1 is 1.24 bits per heavy atom. The molecule has 3 aliphatic heterocycles. The average molecular weight is 228 g/mol. The number of benzene rings is 1. The van der Waals surface area contributed by atoms with Crippen molar-refractivity contribution in [1.29, 1.82) is 0 Å². The summed E-state index contributed by atoms with van der Waals surface area (Å²) in [5.41, 5.74) is 4.01. The minimum atomic E-state index is 0.177. The molecule has 17 heavy (non-hydrogen) atoms. The number of hydrogen-bond donors (Lipinski definition) is 1. The van der Waals surface area contributed by atoms with Gasteiger partial charge in [0.15, 0.2) is 0 Å². The lowest BCUT2D eigenvalue weighted by atomic mass is 9.80. The van der Waals surface area contributed by atoms with Crippen molar-refractivity contribution in [2.24, 2.45) is 5.92 Å². The molecule has 3 nitrogen and oxygen atoms in total. The first-order chi connectivity index (χ1) is 8.36. The largest absolute Gasteiger partial charge is 0.315 e. The van der Waals surface area contributed by atoms with Gasteiger partial charge in [0.2, 0.25) is 5.91 Å². The first-order valence-electron chi connectivity index (χ1n) is 6.50. The predicted octanol–water partition coefficient (Wildman–Crippen LogP) is 1.28. The summed E-state index contributed by atoms with van der Waals surface area (Å²) >= 11 is 0. The molecule has 4 rings (SSSR count). The van der Waals surface area contributed by atoms with Gasteiger partial charge in [0.25, 0.3) is 0 Å². The molecule has 1 N–H and O–H groups in total. The molecule has 0 spiro atoms. The summed E-state index contributed by atoms with van der Waals surface area (Å²) in [6.45, 7) is 2.72. The zero-order valence-corrected chi connectivity index (χ0v) is 9.78. The van der Waals surface area contributed by atoms with E-state index in [0.29, 0.717) is 11.8 Å². The molecule has 88 valence electrons. The minimum Gasteiger partial charge on any atom is -0.315 e. The van der Waals surface area contributed by atoms with Crippen LogP contribution < -0.4 is 10.2 Å². The third-order valence-corrected chi connectivity index (χ3v) is 4.45. The number of para-hydroxylation sites is 1. The molecule has 0 aliphatic carbocycles. The maximum Gasteiger partial charge on any atom is 0.232 e. The van der Waals surface area contributed by atoms with Crippen LogP contribution in [0.15, 0.2) is 18.2 Å². The first-order valence-corrected chi connectivity index (χ1v) is 6.50. The molecule has 0 aromatic heterocycles. The monoisotopic (exact) mass is 228 g/mol. The smallest absolute Gasteiger partial charge is 0.232 e. The van der Waals surface area contributed by atoms with E-state index < -0.39 is 0 Å². The predicted molar refractivity (Wildman–Crippen MR) is 66.2 cm³/mol. The summed E-state index contributed by atoms with van der Waals surface area (Å²) in [6, 6.07) is 6.55. The molecule has 3 heterocycles. The van der Waals surface area contributed by atoms with Gasteiger partial charge in [0.05, 0.1) is 11.6 Å². The fourth-order valence-corrected chi connectivity index (χ4v) is 3.67. The number of nitrogens with one attached hydrogen (secondary N) is 1. The quantitative estimate of drug-likeness (QED) is 0.725. The van der Waals surface area contributed by atoms with Gasteiger partial charge in [-0.1, -0.05) is 18.2 Å². The van der Waals surface area contributed by atoms with Gasteiger partial charge in [-0.2, -0.15) is 0 Å². The standard InChI is InChI=1S/C14H16N2O/c17-14-12-8-15-7-11(12)10-5-1-3-9-4-2-6-16(14)13(9)10/h1,3,5,11-12,15H,2,4,6-8H2/t11-,12+/m0/s1. The van der Waals surface area contributed by atoms with Crippen molar-refractivity contribution in [3.05, 3.63) is 29.3 Å². The van der Waals surface area contributed by atoms with Crippen LogP contribution in [0.2, 0.25) is 0 Å². The van der Waals surface area contributed by atoms with Crippen LogP contribution in [0.3, 0.4) is 0 Å². The van der Waals surface area contributed by atoms with Crippen molar-refractivity contribution < 1.29 is 4.79 Å². The highest BCUT2D eigenvalue weighted by Crippen LogP contribution is 2.44. The normalized spacial score (nSPS) is 30.1. The van der Waals surface area contributed by atoms with Crippen LogP contribution in [-0.2, 0) is 11.2 Å². The molecular formula is C14H16N2O. The van der Waals surface area contributed by atoms with Crippen molar-refractivity contribution in [3.63, 3.8) is 0 Å². The summed E-state index contributed by atoms with van der Waals surface area (Å²) in [4.78, 5) is 14.5. The number of hydrogen-bond acceptors (Lipinski definition) is 2. The zero-order chi connectivity index (χ0) is 11.4. The van der Waals surface area contributed by atoms with E-state index in [1.807, 2.05) is 4.90 Å². The van der Waals surface area contributed by atoms with Crippen LogP contribution in [0.25, 0.3) is 0 Å². The van der Waals surface area contributed by atoms with Crippen LogP contribution in [0.1, 0.15) is 23.5 Å². The highest BCUT2D eigenvalue weighted by Gasteiger charge is 2.44. The van der Waals surface area contributed by atoms with Gasteiger partial charge in [-0.25, -0.2) is 0 Å². The Balaban J connectivity index is 1.96. The number of aryl methyl sites for hydroxylation is 1. The SMILES string of the molecule is O=C1[C@@H]2CNC[C@H]2c2cccc3c2N1CCC3. The van der Waals surface area contributed by atoms with E-state index in [4.69, 9.17) is 0 Å². The van der Waals surface area contributed by atoms with E-state index >= 15 is 0 Å². The third kappa shape index (κ3) is 1.18. The fraction of sp³-hybridized carbons (Fsp3) is 0.500. The second-order valence-corrected chi connectivity index (χ2v) is 5.32. The minimum absolute atomic E-state index is 0.177. The van der Waals surface area contributed by atoms with E-state index in [9.17, 15) is 4.79 Å². The van der Waals surface area contributed by atoms with Crippen LogP contribution in [-0.4, -0.2) is 25.5 Å². The van der Waals surface area contributed by atoms with Crippen molar-refractivity contribution in [2.45, 2.75) is 18.8 Å². The van der Waals surface area contributed by atoms with Gasteiger partial charge >= 0.3 is 0 Å². The summed E-state index contributed by atoms with van der Waals surface area (Å²) in [6.07, 6.45) is 2.23. The van der Waals surface area contributed by atoms with Crippen LogP contribution in [0, 0.1) is 5.92 Å². The Morgan fingerprint density at radius 3 is 3.06 bits per heavy atom. The molecule has 0 bridgehead atoms. The van der Waals surface area contributed by atoms with Gasteiger partial charge in [0, 0.05) is 25.6 Å². The third-order valence-electron chi connectivity index (χ3n) is 4.45. The molecule has 0 saturated carbocycles. The summed E-state index contributed by atoms with van der Waals surface area (Å²) in [5.74, 6) is 0.933. The molecular weight excluding hydrogens is 212 g/mol. The first kappa shape index (κ1) is 9.66. The number of anilines is 1. The Kier molecular flexibility index (Phi) is 1.89. The lowest BCUT2D eigenvalue weighted by molar-refractivity contribution is -0.122. The number of carbonyl (C=O) groups excluding carboxylic acids is 1. The number of amides is 1. The maximum absolute atomic E-state index is 12.5. The van der Waals surface area contributed by atoms with Gasteiger partial charge in [-0.15, -0.1) is 0 Å². The summed E-state index contributed by atoms with van der Waals surface area (Å²) in [7, 11) is 0. The fourth-order valence-electron chi connectivity index (χ4n) is 3.67. The van der Waals surface area contributed by atoms with E-state index in [-0.39, 0.29) is 5.92 Å². The molecule has 0 unspecified atom stereocenters. The van der Waals surface area contributed by atoms with E-state index in [1.54, 1.807) is 0 Å². The molecule has 2 atom stereocenters.